The fourth-order valence-corrected chi connectivity index (χ4v) is 4.34. The first kappa shape index (κ1) is 24.1. The van der Waals surface area contributed by atoms with Crippen LogP contribution in [0.3, 0.4) is 0 Å². The summed E-state index contributed by atoms with van der Waals surface area (Å²) in [5.74, 6) is 2.85. The second-order valence-electron chi connectivity index (χ2n) is 8.53. The van der Waals surface area contributed by atoms with E-state index in [9.17, 15) is 0 Å². The molecule has 5 rings (SSSR count). The Balaban J connectivity index is 1.57. The number of methoxy groups -OCH3 is 4. The van der Waals surface area contributed by atoms with Crippen molar-refractivity contribution in [3.05, 3.63) is 84.6 Å². The van der Waals surface area contributed by atoms with E-state index in [0.717, 1.165) is 44.4 Å². The van der Waals surface area contributed by atoms with Crippen molar-refractivity contribution in [1.82, 2.24) is 4.98 Å². The van der Waals surface area contributed by atoms with Crippen molar-refractivity contribution in [3.63, 3.8) is 0 Å². The largest absolute Gasteiger partial charge is 0.497 e. The monoisotopic (exact) mass is 495 g/mol. The van der Waals surface area contributed by atoms with Gasteiger partial charge in [0.2, 0.25) is 0 Å². The van der Waals surface area contributed by atoms with E-state index in [4.69, 9.17) is 23.9 Å². The summed E-state index contributed by atoms with van der Waals surface area (Å²) in [6.07, 6.45) is 0. The van der Waals surface area contributed by atoms with Gasteiger partial charge in [0.25, 0.3) is 0 Å². The van der Waals surface area contributed by atoms with E-state index >= 15 is 0 Å². The Bertz CT molecular complexity index is 1520. The number of aromatic nitrogens is 1. The number of hydrogen-bond donors (Lipinski definition) is 2. The highest BCUT2D eigenvalue weighted by atomic mass is 16.5. The highest BCUT2D eigenvalue weighted by Crippen LogP contribution is 2.34. The van der Waals surface area contributed by atoms with Crippen LogP contribution in [0.2, 0.25) is 0 Å². The zero-order chi connectivity index (χ0) is 25.8. The minimum absolute atomic E-state index is 0.506. The lowest BCUT2D eigenvalue weighted by Crippen LogP contribution is -2.04. The molecule has 1 heterocycles. The first-order chi connectivity index (χ1) is 18.1. The van der Waals surface area contributed by atoms with Crippen molar-refractivity contribution in [2.45, 2.75) is 6.54 Å². The predicted molar refractivity (Wildman–Crippen MR) is 149 cm³/mol. The van der Waals surface area contributed by atoms with Crippen LogP contribution in [0, 0.1) is 0 Å². The molecule has 0 atom stereocenters. The molecule has 0 aliphatic heterocycles. The van der Waals surface area contributed by atoms with Crippen molar-refractivity contribution < 1.29 is 18.9 Å². The van der Waals surface area contributed by atoms with Crippen LogP contribution >= 0.6 is 0 Å². The lowest BCUT2D eigenvalue weighted by molar-refractivity contribution is 0.394. The third-order valence-corrected chi connectivity index (χ3v) is 6.21. The van der Waals surface area contributed by atoms with E-state index in [2.05, 4.69) is 41.0 Å². The van der Waals surface area contributed by atoms with Gasteiger partial charge in [0.05, 0.1) is 46.2 Å². The molecule has 0 saturated carbocycles. The summed E-state index contributed by atoms with van der Waals surface area (Å²) in [6.45, 7) is 0.506. The minimum Gasteiger partial charge on any atom is -0.497 e. The van der Waals surface area contributed by atoms with Crippen LogP contribution in [0.15, 0.2) is 78.9 Å². The molecular formula is C30H29N3O4. The van der Waals surface area contributed by atoms with Crippen LogP contribution in [0.5, 0.6) is 23.0 Å². The Hall–Kier alpha value is -4.65. The first-order valence-electron chi connectivity index (χ1n) is 11.9. The van der Waals surface area contributed by atoms with Crippen LogP contribution in [-0.2, 0) is 6.54 Å². The maximum atomic E-state index is 5.47. The van der Waals surface area contributed by atoms with E-state index in [0.29, 0.717) is 29.5 Å². The van der Waals surface area contributed by atoms with Crippen LogP contribution in [0.25, 0.3) is 21.7 Å². The topological polar surface area (TPSA) is 73.9 Å². The van der Waals surface area contributed by atoms with Crippen molar-refractivity contribution in [2.75, 3.05) is 39.1 Å². The molecule has 5 aromatic rings. The van der Waals surface area contributed by atoms with E-state index in [1.807, 2.05) is 48.5 Å². The molecule has 0 bridgehead atoms. The van der Waals surface area contributed by atoms with Gasteiger partial charge in [-0.15, -0.1) is 0 Å². The predicted octanol–water partition coefficient (Wildman–Crippen LogP) is 6.78. The highest BCUT2D eigenvalue weighted by Gasteiger charge is 2.12. The molecule has 7 nitrogen and oxygen atoms in total. The highest BCUT2D eigenvalue weighted by molar-refractivity contribution is 6.09. The molecule has 4 aromatic carbocycles. The molecule has 0 saturated heterocycles. The standard InChI is InChI=1S/C30H29N3O4/c1-34-23-11-20(12-24(16-23)35-2)31-18-22-15-29(32-21-13-25(36-3)17-26(14-21)37-4)28-10-9-19-7-5-6-8-27(19)30(28)33-22/h5-17,31H,18H2,1-4H3,(H,32,33). The van der Waals surface area contributed by atoms with Crippen molar-refractivity contribution >= 4 is 38.7 Å². The van der Waals surface area contributed by atoms with E-state index in [-0.39, 0.29) is 0 Å². The third kappa shape index (κ3) is 5.16. The molecule has 7 heteroatoms. The van der Waals surface area contributed by atoms with Gasteiger partial charge in [-0.3, -0.25) is 4.98 Å². The molecule has 0 fully saturated rings. The van der Waals surface area contributed by atoms with Gasteiger partial charge in [-0.1, -0.05) is 36.4 Å². The summed E-state index contributed by atoms with van der Waals surface area (Å²) in [5, 5.41) is 10.3. The number of fused-ring (bicyclic) bond motifs is 3. The molecule has 0 aliphatic carbocycles. The number of nitrogens with zero attached hydrogens (tertiary/aromatic N) is 1. The summed E-state index contributed by atoms with van der Waals surface area (Å²) in [4.78, 5) is 5.06. The maximum absolute atomic E-state index is 5.47. The van der Waals surface area contributed by atoms with Crippen molar-refractivity contribution in [3.8, 4) is 23.0 Å². The Morgan fingerprint density at radius 2 is 1.22 bits per heavy atom. The third-order valence-electron chi connectivity index (χ3n) is 6.21. The average molecular weight is 496 g/mol. The molecule has 0 aliphatic rings. The molecule has 0 unspecified atom stereocenters. The van der Waals surface area contributed by atoms with Crippen molar-refractivity contribution in [2.24, 2.45) is 0 Å². The average Bonchev–Trinajstić information content (AvgIpc) is 2.95. The quantitative estimate of drug-likeness (QED) is 0.218. The van der Waals surface area contributed by atoms with Gasteiger partial charge in [0.1, 0.15) is 23.0 Å². The van der Waals surface area contributed by atoms with E-state index in [1.54, 1.807) is 28.4 Å². The van der Waals surface area contributed by atoms with Gasteiger partial charge < -0.3 is 29.6 Å². The number of hydrogen-bond acceptors (Lipinski definition) is 7. The van der Waals surface area contributed by atoms with Gasteiger partial charge in [-0.25, -0.2) is 0 Å². The van der Waals surface area contributed by atoms with Crippen LogP contribution in [0.1, 0.15) is 5.69 Å². The van der Waals surface area contributed by atoms with Crippen LogP contribution in [0.4, 0.5) is 17.1 Å². The van der Waals surface area contributed by atoms with E-state index < -0.39 is 0 Å². The molecule has 0 radical (unpaired) electrons. The molecular weight excluding hydrogens is 466 g/mol. The Morgan fingerprint density at radius 3 is 1.84 bits per heavy atom. The molecule has 1 aromatic heterocycles. The second-order valence-corrected chi connectivity index (χ2v) is 8.53. The normalized spacial score (nSPS) is 10.8. The fourth-order valence-electron chi connectivity index (χ4n) is 4.34. The number of nitrogens with one attached hydrogen (secondary N) is 2. The number of ether oxygens (including phenoxy) is 4. The van der Waals surface area contributed by atoms with Gasteiger partial charge in [-0.05, 0) is 11.5 Å². The lowest BCUT2D eigenvalue weighted by atomic mass is 10.0. The first-order valence-corrected chi connectivity index (χ1v) is 11.9. The van der Waals surface area contributed by atoms with Crippen LogP contribution in [-0.4, -0.2) is 33.4 Å². The summed E-state index contributed by atoms with van der Waals surface area (Å²) < 4.78 is 21.8. The number of rotatable bonds is 9. The molecule has 188 valence electrons. The molecule has 2 N–H and O–H groups in total. The molecule has 37 heavy (non-hydrogen) atoms. The van der Waals surface area contributed by atoms with Gasteiger partial charge >= 0.3 is 0 Å². The van der Waals surface area contributed by atoms with Crippen LogP contribution < -0.4 is 29.6 Å². The van der Waals surface area contributed by atoms with Gasteiger partial charge in [0.15, 0.2) is 0 Å². The zero-order valence-electron chi connectivity index (χ0n) is 21.3. The molecule has 0 spiro atoms. The SMILES string of the molecule is COc1cc(NCc2cc(Nc3cc(OC)cc(OC)c3)c3ccc4ccccc4c3n2)cc(OC)c1. The summed E-state index contributed by atoms with van der Waals surface area (Å²) in [6, 6.07) is 26.0. The zero-order valence-corrected chi connectivity index (χ0v) is 21.3. The van der Waals surface area contributed by atoms with Gasteiger partial charge in [-0.2, -0.15) is 0 Å². The fraction of sp³-hybridized carbons (Fsp3) is 0.167. The number of pyridine rings is 1. The lowest BCUT2D eigenvalue weighted by Gasteiger charge is -2.16. The number of anilines is 3. The summed E-state index contributed by atoms with van der Waals surface area (Å²) in [5.41, 5.74) is 4.48. The van der Waals surface area contributed by atoms with Crippen molar-refractivity contribution in [1.29, 1.82) is 0 Å². The second kappa shape index (κ2) is 10.5. The van der Waals surface area contributed by atoms with Gasteiger partial charge in [0, 0.05) is 64.2 Å². The minimum atomic E-state index is 0.506. The Kier molecular flexibility index (Phi) is 6.85. The maximum Gasteiger partial charge on any atom is 0.124 e. The Labute approximate surface area is 216 Å². The summed E-state index contributed by atoms with van der Waals surface area (Å²) in [7, 11) is 6.56. The molecule has 0 amide bonds. The van der Waals surface area contributed by atoms with E-state index in [1.165, 1.54) is 0 Å². The number of benzene rings is 4. The summed E-state index contributed by atoms with van der Waals surface area (Å²) >= 11 is 0. The Morgan fingerprint density at radius 1 is 0.622 bits per heavy atom. The smallest absolute Gasteiger partial charge is 0.124 e.